The molecule has 0 bridgehead atoms. The number of carbonyl (C=O) groups is 1. The highest BCUT2D eigenvalue weighted by molar-refractivity contribution is 6.30. The molecule has 0 atom stereocenters. The van der Waals surface area contributed by atoms with E-state index in [9.17, 15) is 4.79 Å². The molecule has 1 aliphatic rings. The topological polar surface area (TPSA) is 59.4 Å². The molecule has 156 valence electrons. The number of carbonyl (C=O) groups excluding carboxylic acids is 1. The largest absolute Gasteiger partial charge is 0.378 e. The third kappa shape index (κ3) is 4.00. The first-order valence-electron chi connectivity index (χ1n) is 10.2. The number of halogens is 1. The molecule has 1 N–H and O–H groups in total. The normalized spacial score (nSPS) is 14.0. The van der Waals surface area contributed by atoms with Crippen LogP contribution in [0.1, 0.15) is 10.4 Å². The van der Waals surface area contributed by atoms with Crippen molar-refractivity contribution in [1.29, 1.82) is 0 Å². The van der Waals surface area contributed by atoms with Crippen LogP contribution in [0.5, 0.6) is 0 Å². The van der Waals surface area contributed by atoms with Gasteiger partial charge in [0.1, 0.15) is 0 Å². The van der Waals surface area contributed by atoms with Crippen molar-refractivity contribution in [3.8, 4) is 5.69 Å². The highest BCUT2D eigenvalue weighted by Gasteiger charge is 2.20. The smallest absolute Gasteiger partial charge is 0.254 e. The van der Waals surface area contributed by atoms with Gasteiger partial charge >= 0.3 is 0 Å². The van der Waals surface area contributed by atoms with E-state index in [0.29, 0.717) is 42.8 Å². The van der Waals surface area contributed by atoms with Crippen molar-refractivity contribution in [2.24, 2.45) is 0 Å². The number of benzene rings is 3. The highest BCUT2D eigenvalue weighted by Crippen LogP contribution is 2.29. The van der Waals surface area contributed by atoms with E-state index in [1.54, 1.807) is 0 Å². The van der Waals surface area contributed by atoms with Gasteiger partial charge < -0.3 is 15.0 Å². The number of aromatic nitrogens is 2. The molecule has 6 nitrogen and oxygen atoms in total. The van der Waals surface area contributed by atoms with Gasteiger partial charge in [-0.05, 0) is 48.5 Å². The molecule has 3 aromatic carbocycles. The molecule has 0 radical (unpaired) electrons. The number of para-hydroxylation sites is 1. The zero-order valence-electron chi connectivity index (χ0n) is 16.8. The second kappa shape index (κ2) is 8.41. The molecule has 5 rings (SSSR count). The summed E-state index contributed by atoms with van der Waals surface area (Å²) in [5.41, 5.74) is 4.06. The average Bonchev–Trinajstić information content (AvgIpc) is 3.16. The number of ether oxygens (including phenoxy) is 1. The van der Waals surface area contributed by atoms with Gasteiger partial charge in [0.25, 0.3) is 5.91 Å². The molecule has 1 aliphatic heterocycles. The quantitative estimate of drug-likeness (QED) is 0.498. The maximum atomic E-state index is 12.9. The maximum absolute atomic E-state index is 12.9. The molecule has 4 aromatic rings. The lowest BCUT2D eigenvalue weighted by Gasteiger charge is -2.26. The monoisotopic (exact) mass is 432 g/mol. The Hall–Kier alpha value is -3.35. The van der Waals surface area contributed by atoms with Crippen molar-refractivity contribution >= 4 is 40.2 Å². The summed E-state index contributed by atoms with van der Waals surface area (Å²) in [5.74, 6) is 0.652. The highest BCUT2D eigenvalue weighted by atomic mass is 35.5. The van der Waals surface area contributed by atoms with Crippen LogP contribution < -0.4 is 5.32 Å². The van der Waals surface area contributed by atoms with E-state index in [0.717, 1.165) is 22.4 Å². The molecule has 0 saturated carbocycles. The van der Waals surface area contributed by atoms with Crippen LogP contribution in [0.2, 0.25) is 5.02 Å². The molecule has 2 heterocycles. The van der Waals surface area contributed by atoms with E-state index < -0.39 is 0 Å². The van der Waals surface area contributed by atoms with Crippen molar-refractivity contribution in [3.05, 3.63) is 83.4 Å². The van der Waals surface area contributed by atoms with E-state index >= 15 is 0 Å². The summed E-state index contributed by atoms with van der Waals surface area (Å²) >= 11 is 6.26. The molecule has 31 heavy (non-hydrogen) atoms. The Morgan fingerprint density at radius 3 is 2.55 bits per heavy atom. The van der Waals surface area contributed by atoms with Gasteiger partial charge in [0, 0.05) is 29.4 Å². The lowest BCUT2D eigenvalue weighted by Crippen LogP contribution is -2.40. The van der Waals surface area contributed by atoms with Gasteiger partial charge in [-0.1, -0.05) is 35.9 Å². The van der Waals surface area contributed by atoms with Gasteiger partial charge in [-0.3, -0.25) is 9.36 Å². The Balaban J connectivity index is 1.60. The van der Waals surface area contributed by atoms with Gasteiger partial charge in [-0.2, -0.15) is 0 Å². The van der Waals surface area contributed by atoms with Crippen molar-refractivity contribution in [2.75, 3.05) is 31.6 Å². The summed E-state index contributed by atoms with van der Waals surface area (Å²) in [4.78, 5) is 19.6. The van der Waals surface area contributed by atoms with E-state index in [2.05, 4.69) is 5.32 Å². The third-order valence-electron chi connectivity index (χ3n) is 5.30. The van der Waals surface area contributed by atoms with E-state index in [4.69, 9.17) is 21.3 Å². The second-order valence-electron chi connectivity index (χ2n) is 7.35. The number of fused-ring (bicyclic) bond motifs is 1. The summed E-state index contributed by atoms with van der Waals surface area (Å²) in [6.07, 6.45) is 0. The number of nitrogens with one attached hydrogen (secondary N) is 1. The van der Waals surface area contributed by atoms with E-state index in [1.807, 2.05) is 82.3 Å². The number of morpholine rings is 1. The van der Waals surface area contributed by atoms with Crippen LogP contribution in [0, 0.1) is 0 Å². The maximum Gasteiger partial charge on any atom is 0.254 e. The molecule has 1 saturated heterocycles. The summed E-state index contributed by atoms with van der Waals surface area (Å²) < 4.78 is 7.37. The molecular weight excluding hydrogens is 412 g/mol. The predicted octanol–water partition coefficient (Wildman–Crippen LogP) is 4.89. The van der Waals surface area contributed by atoms with Gasteiger partial charge in [0.05, 0.1) is 29.9 Å². The average molecular weight is 433 g/mol. The Labute approximate surface area is 185 Å². The molecule has 1 fully saturated rings. The summed E-state index contributed by atoms with van der Waals surface area (Å²) in [7, 11) is 0. The van der Waals surface area contributed by atoms with Crippen LogP contribution in [-0.2, 0) is 4.74 Å². The fraction of sp³-hybridized carbons (Fsp3) is 0.167. The SMILES string of the molecule is O=C(c1ccc2c(c1)nc(Nc1ccccc1)n2-c1cccc(Cl)c1)N1CCOCC1. The second-order valence-corrected chi connectivity index (χ2v) is 7.79. The first-order chi connectivity index (χ1) is 15.2. The van der Waals surface area contributed by atoms with Crippen LogP contribution in [0.4, 0.5) is 11.6 Å². The van der Waals surface area contributed by atoms with Gasteiger partial charge in [0.2, 0.25) is 5.95 Å². The van der Waals surface area contributed by atoms with Crippen LogP contribution in [-0.4, -0.2) is 46.7 Å². The molecule has 0 unspecified atom stereocenters. The number of nitrogens with zero attached hydrogens (tertiary/aromatic N) is 3. The Morgan fingerprint density at radius 1 is 0.968 bits per heavy atom. The van der Waals surface area contributed by atoms with Gasteiger partial charge in [-0.15, -0.1) is 0 Å². The zero-order chi connectivity index (χ0) is 21.2. The van der Waals surface area contributed by atoms with Crippen LogP contribution in [0.3, 0.4) is 0 Å². The first-order valence-corrected chi connectivity index (χ1v) is 10.5. The molecule has 1 amide bonds. The molecular formula is C24H21ClN4O2. The minimum atomic E-state index is 0.0000686. The minimum Gasteiger partial charge on any atom is -0.378 e. The lowest BCUT2D eigenvalue weighted by molar-refractivity contribution is 0.0303. The van der Waals surface area contributed by atoms with Crippen LogP contribution in [0.15, 0.2) is 72.8 Å². The van der Waals surface area contributed by atoms with E-state index in [1.165, 1.54) is 0 Å². The fourth-order valence-corrected chi connectivity index (χ4v) is 3.96. The third-order valence-corrected chi connectivity index (χ3v) is 5.53. The zero-order valence-corrected chi connectivity index (χ0v) is 17.5. The Morgan fingerprint density at radius 2 is 1.77 bits per heavy atom. The summed E-state index contributed by atoms with van der Waals surface area (Å²) in [6.45, 7) is 2.36. The standard InChI is InChI=1S/C24H21ClN4O2/c25-18-5-4-8-20(16-18)29-22-10-9-17(23(30)28-11-13-31-14-12-28)15-21(22)27-24(29)26-19-6-2-1-3-7-19/h1-10,15-16H,11-14H2,(H,26,27). The van der Waals surface area contributed by atoms with Crippen molar-refractivity contribution < 1.29 is 9.53 Å². The summed E-state index contributed by atoms with van der Waals surface area (Å²) in [6, 6.07) is 23.1. The number of amides is 1. The number of imidazole rings is 1. The molecule has 0 aliphatic carbocycles. The number of anilines is 2. The predicted molar refractivity (Wildman–Crippen MR) is 123 cm³/mol. The van der Waals surface area contributed by atoms with Crippen LogP contribution >= 0.6 is 11.6 Å². The molecule has 7 heteroatoms. The van der Waals surface area contributed by atoms with Gasteiger partial charge in [-0.25, -0.2) is 4.98 Å². The van der Waals surface area contributed by atoms with Crippen molar-refractivity contribution in [1.82, 2.24) is 14.5 Å². The van der Waals surface area contributed by atoms with Gasteiger partial charge in [0.15, 0.2) is 0 Å². The summed E-state index contributed by atoms with van der Waals surface area (Å²) in [5, 5.41) is 4.03. The minimum absolute atomic E-state index is 0.0000686. The molecule has 0 spiro atoms. The first kappa shape index (κ1) is 19.6. The van der Waals surface area contributed by atoms with Crippen LogP contribution in [0.25, 0.3) is 16.7 Å². The van der Waals surface area contributed by atoms with E-state index in [-0.39, 0.29) is 5.91 Å². The molecule has 1 aromatic heterocycles. The fourth-order valence-electron chi connectivity index (χ4n) is 3.77. The Bertz CT molecular complexity index is 1230. The van der Waals surface area contributed by atoms with Crippen molar-refractivity contribution in [3.63, 3.8) is 0 Å². The number of hydrogen-bond donors (Lipinski definition) is 1. The Kier molecular flexibility index (Phi) is 5.32. The number of hydrogen-bond acceptors (Lipinski definition) is 4. The lowest BCUT2D eigenvalue weighted by atomic mass is 10.1. The van der Waals surface area contributed by atoms with Crippen molar-refractivity contribution in [2.45, 2.75) is 0 Å². The number of rotatable bonds is 4.